The number of benzene rings is 1. The van der Waals surface area contributed by atoms with Crippen LogP contribution in [0.15, 0.2) is 54.0 Å². The van der Waals surface area contributed by atoms with Crippen LogP contribution in [0, 0.1) is 0 Å². The van der Waals surface area contributed by atoms with Gasteiger partial charge in [0.2, 0.25) is 0 Å². The SMILES string of the molecule is CN(C(=O)c1cnc(-c2cccs2)s1)C1CCCN(c2ccccc2)C1. The number of likely N-dealkylation sites (N-methyl/N-ethyl adjacent to an activating group) is 1. The Morgan fingerprint density at radius 2 is 2.08 bits per heavy atom. The molecule has 1 amide bonds. The highest BCUT2D eigenvalue weighted by Gasteiger charge is 2.28. The van der Waals surface area contributed by atoms with E-state index in [0.717, 1.165) is 35.8 Å². The van der Waals surface area contributed by atoms with E-state index in [0.29, 0.717) is 4.88 Å². The minimum absolute atomic E-state index is 0.0743. The first-order chi connectivity index (χ1) is 12.7. The van der Waals surface area contributed by atoms with Gasteiger partial charge in [-0.1, -0.05) is 24.3 Å². The predicted octanol–water partition coefficient (Wildman–Crippen LogP) is 4.61. The quantitative estimate of drug-likeness (QED) is 0.660. The molecule has 1 fully saturated rings. The summed E-state index contributed by atoms with van der Waals surface area (Å²) in [5.74, 6) is 0.0743. The van der Waals surface area contributed by atoms with E-state index in [1.54, 1.807) is 17.5 Å². The molecule has 1 aliphatic rings. The fraction of sp³-hybridized carbons (Fsp3) is 0.300. The van der Waals surface area contributed by atoms with E-state index in [1.165, 1.54) is 17.0 Å². The van der Waals surface area contributed by atoms with E-state index in [-0.39, 0.29) is 11.9 Å². The highest BCUT2D eigenvalue weighted by atomic mass is 32.1. The van der Waals surface area contributed by atoms with Crippen LogP contribution in [0.4, 0.5) is 5.69 Å². The predicted molar refractivity (Wildman–Crippen MR) is 109 cm³/mol. The van der Waals surface area contributed by atoms with Gasteiger partial charge in [-0.3, -0.25) is 4.79 Å². The number of thiophene rings is 1. The zero-order chi connectivity index (χ0) is 17.9. The van der Waals surface area contributed by atoms with Crippen molar-refractivity contribution >= 4 is 34.3 Å². The van der Waals surface area contributed by atoms with Crippen molar-refractivity contribution in [2.75, 3.05) is 25.0 Å². The third-order valence-corrected chi connectivity index (χ3v) is 6.86. The third-order valence-electron chi connectivity index (χ3n) is 4.83. The number of para-hydroxylation sites is 1. The molecule has 0 N–H and O–H groups in total. The van der Waals surface area contributed by atoms with Gasteiger partial charge in [0.15, 0.2) is 0 Å². The highest BCUT2D eigenvalue weighted by Crippen LogP contribution is 2.30. The lowest BCUT2D eigenvalue weighted by Crippen LogP contribution is -2.48. The largest absolute Gasteiger partial charge is 0.369 e. The number of piperidine rings is 1. The topological polar surface area (TPSA) is 36.4 Å². The molecule has 4 rings (SSSR count). The second-order valence-electron chi connectivity index (χ2n) is 6.50. The summed E-state index contributed by atoms with van der Waals surface area (Å²) in [5, 5.41) is 2.95. The molecule has 134 valence electrons. The van der Waals surface area contributed by atoms with Crippen molar-refractivity contribution < 1.29 is 4.79 Å². The molecule has 1 unspecified atom stereocenters. The van der Waals surface area contributed by atoms with Crippen molar-refractivity contribution in [2.24, 2.45) is 0 Å². The Bertz CT molecular complexity index is 860. The Kier molecular flexibility index (Phi) is 5.04. The van der Waals surface area contributed by atoms with E-state index < -0.39 is 0 Å². The molecule has 0 spiro atoms. The number of carbonyl (C=O) groups excluding carboxylic acids is 1. The van der Waals surface area contributed by atoms with Crippen LogP contribution in [0.5, 0.6) is 0 Å². The van der Waals surface area contributed by atoms with Crippen LogP contribution >= 0.6 is 22.7 Å². The number of anilines is 1. The first-order valence-electron chi connectivity index (χ1n) is 8.79. The molecule has 0 radical (unpaired) electrons. The zero-order valence-electron chi connectivity index (χ0n) is 14.7. The van der Waals surface area contributed by atoms with Crippen molar-refractivity contribution in [3.8, 4) is 9.88 Å². The Hall–Kier alpha value is -2.18. The van der Waals surface area contributed by atoms with E-state index in [9.17, 15) is 4.79 Å². The standard InChI is InChI=1S/C20H21N3OS2/c1-22(16-9-5-11-23(14-16)15-7-3-2-4-8-15)20(24)18-13-21-19(26-18)17-10-6-12-25-17/h2-4,6-8,10,12-13,16H,5,9,11,14H2,1H3. The highest BCUT2D eigenvalue weighted by molar-refractivity contribution is 7.21. The summed E-state index contributed by atoms with van der Waals surface area (Å²) in [7, 11) is 1.92. The summed E-state index contributed by atoms with van der Waals surface area (Å²) >= 11 is 3.13. The van der Waals surface area contributed by atoms with E-state index >= 15 is 0 Å². The van der Waals surface area contributed by atoms with Gasteiger partial charge in [0, 0.05) is 31.9 Å². The molecule has 6 heteroatoms. The maximum absolute atomic E-state index is 13.0. The number of thiazole rings is 1. The third kappa shape index (κ3) is 3.52. The number of nitrogens with zero attached hydrogens (tertiary/aromatic N) is 3. The Balaban J connectivity index is 1.46. The maximum atomic E-state index is 13.0. The molecule has 1 aliphatic heterocycles. The normalized spacial score (nSPS) is 17.3. The van der Waals surface area contributed by atoms with Crippen molar-refractivity contribution in [2.45, 2.75) is 18.9 Å². The van der Waals surface area contributed by atoms with E-state index in [4.69, 9.17) is 0 Å². The van der Waals surface area contributed by atoms with E-state index in [1.807, 2.05) is 35.5 Å². The number of aromatic nitrogens is 1. The lowest BCUT2D eigenvalue weighted by Gasteiger charge is -2.38. The van der Waals surface area contributed by atoms with Gasteiger partial charge in [-0.25, -0.2) is 4.98 Å². The van der Waals surface area contributed by atoms with Crippen molar-refractivity contribution in [1.82, 2.24) is 9.88 Å². The van der Waals surface area contributed by atoms with Gasteiger partial charge in [-0.15, -0.1) is 22.7 Å². The van der Waals surface area contributed by atoms with Crippen molar-refractivity contribution in [3.63, 3.8) is 0 Å². The molecule has 3 aromatic rings. The van der Waals surface area contributed by atoms with Gasteiger partial charge < -0.3 is 9.80 Å². The van der Waals surface area contributed by atoms with Gasteiger partial charge in [0.05, 0.1) is 11.1 Å². The average molecular weight is 384 g/mol. The number of hydrogen-bond donors (Lipinski definition) is 0. The fourth-order valence-corrected chi connectivity index (χ4v) is 5.07. The lowest BCUT2D eigenvalue weighted by molar-refractivity contribution is 0.0722. The minimum atomic E-state index is 0.0743. The van der Waals surface area contributed by atoms with Crippen LogP contribution in [0.1, 0.15) is 22.5 Å². The van der Waals surface area contributed by atoms with Crippen LogP contribution in [-0.4, -0.2) is 42.0 Å². The van der Waals surface area contributed by atoms with Crippen LogP contribution in [0.3, 0.4) is 0 Å². The summed E-state index contributed by atoms with van der Waals surface area (Å²) in [6, 6.07) is 14.7. The second kappa shape index (κ2) is 7.60. The van der Waals surface area contributed by atoms with Gasteiger partial charge in [0.1, 0.15) is 9.88 Å². The number of amides is 1. The van der Waals surface area contributed by atoms with Crippen LogP contribution in [0.2, 0.25) is 0 Å². The Labute approximate surface area is 161 Å². The van der Waals surface area contributed by atoms with Crippen LogP contribution in [-0.2, 0) is 0 Å². The first kappa shape index (κ1) is 17.2. The van der Waals surface area contributed by atoms with Crippen molar-refractivity contribution in [1.29, 1.82) is 0 Å². The summed E-state index contributed by atoms with van der Waals surface area (Å²) in [6.45, 7) is 1.93. The molecule has 0 saturated carbocycles. The molecule has 0 bridgehead atoms. The zero-order valence-corrected chi connectivity index (χ0v) is 16.3. The number of rotatable bonds is 4. The summed E-state index contributed by atoms with van der Waals surface area (Å²) in [5.41, 5.74) is 1.23. The monoisotopic (exact) mass is 383 g/mol. The van der Waals surface area contributed by atoms with Gasteiger partial charge in [-0.2, -0.15) is 0 Å². The van der Waals surface area contributed by atoms with Crippen LogP contribution in [0.25, 0.3) is 9.88 Å². The molecule has 3 heterocycles. The summed E-state index contributed by atoms with van der Waals surface area (Å²) < 4.78 is 0. The first-order valence-corrected chi connectivity index (χ1v) is 10.5. The van der Waals surface area contributed by atoms with Crippen LogP contribution < -0.4 is 4.90 Å². The van der Waals surface area contributed by atoms with Gasteiger partial charge in [-0.05, 0) is 36.4 Å². The molecular formula is C20H21N3OS2. The van der Waals surface area contributed by atoms with E-state index in [2.05, 4.69) is 34.1 Å². The molecular weight excluding hydrogens is 362 g/mol. The number of carbonyl (C=O) groups is 1. The Morgan fingerprint density at radius 3 is 2.85 bits per heavy atom. The average Bonchev–Trinajstić information content (AvgIpc) is 3.39. The fourth-order valence-electron chi connectivity index (χ4n) is 3.37. The molecule has 26 heavy (non-hydrogen) atoms. The molecule has 1 saturated heterocycles. The molecule has 0 aliphatic carbocycles. The molecule has 1 aromatic carbocycles. The lowest BCUT2D eigenvalue weighted by atomic mass is 10.0. The Morgan fingerprint density at radius 1 is 1.23 bits per heavy atom. The molecule has 4 nitrogen and oxygen atoms in total. The maximum Gasteiger partial charge on any atom is 0.265 e. The molecule has 2 aromatic heterocycles. The summed E-state index contributed by atoms with van der Waals surface area (Å²) in [6.07, 6.45) is 3.86. The second-order valence-corrected chi connectivity index (χ2v) is 8.48. The van der Waals surface area contributed by atoms with Crippen molar-refractivity contribution in [3.05, 3.63) is 58.9 Å². The smallest absolute Gasteiger partial charge is 0.265 e. The summed E-state index contributed by atoms with van der Waals surface area (Å²) in [4.78, 5) is 23.5. The minimum Gasteiger partial charge on any atom is -0.369 e. The van der Waals surface area contributed by atoms with Gasteiger partial charge >= 0.3 is 0 Å². The number of hydrogen-bond acceptors (Lipinski definition) is 5. The molecule has 1 atom stereocenters. The van der Waals surface area contributed by atoms with Gasteiger partial charge in [0.25, 0.3) is 5.91 Å².